The highest BCUT2D eigenvalue weighted by atomic mass is 32.1. The first-order chi connectivity index (χ1) is 12.5. The van der Waals surface area contributed by atoms with Crippen LogP contribution in [0, 0.1) is 0 Å². The van der Waals surface area contributed by atoms with Crippen molar-refractivity contribution in [2.24, 2.45) is 0 Å². The van der Waals surface area contributed by atoms with E-state index in [4.69, 9.17) is 9.47 Å². The molecule has 0 radical (unpaired) electrons. The second-order valence-corrected chi connectivity index (χ2v) is 8.97. The smallest absolute Gasteiger partial charge is 0.349 e. The van der Waals surface area contributed by atoms with E-state index in [0.717, 1.165) is 19.4 Å². The maximum atomic E-state index is 13.1. The van der Waals surface area contributed by atoms with Crippen molar-refractivity contribution < 1.29 is 19.4 Å². The van der Waals surface area contributed by atoms with Crippen molar-refractivity contribution in [1.29, 1.82) is 0 Å². The van der Waals surface area contributed by atoms with Crippen LogP contribution in [-0.2, 0) is 19.9 Å². The van der Waals surface area contributed by atoms with Crippen LogP contribution in [0.25, 0.3) is 0 Å². The molecule has 26 heavy (non-hydrogen) atoms. The first-order valence-corrected chi connectivity index (χ1v) is 10.6. The summed E-state index contributed by atoms with van der Waals surface area (Å²) in [5.74, 6) is -0.583. The number of aliphatic hydroxyl groups is 1. The van der Waals surface area contributed by atoms with Gasteiger partial charge < -0.3 is 19.5 Å². The summed E-state index contributed by atoms with van der Waals surface area (Å²) in [4.78, 5) is 16.5. The summed E-state index contributed by atoms with van der Waals surface area (Å²) < 4.78 is 11.5. The van der Waals surface area contributed by atoms with Gasteiger partial charge in [0, 0.05) is 19.0 Å². The maximum Gasteiger partial charge on any atom is 0.349 e. The molecule has 2 aromatic heterocycles. The molecule has 0 spiro atoms. The van der Waals surface area contributed by atoms with E-state index < -0.39 is 11.6 Å². The van der Waals surface area contributed by atoms with E-state index in [9.17, 15) is 9.90 Å². The number of epoxide rings is 1. The number of carbonyl (C=O) groups excluding carboxylic acids is 1. The molecule has 2 saturated heterocycles. The summed E-state index contributed by atoms with van der Waals surface area (Å²) in [7, 11) is 2.09. The minimum absolute atomic E-state index is 0.202. The average Bonchev–Trinajstić information content (AvgIpc) is 3.10. The number of likely N-dealkylation sites (N-methyl/N-ethyl adjacent to an activating group) is 1. The molecule has 2 unspecified atom stereocenters. The fraction of sp³-hybridized carbons (Fsp3) is 0.526. The largest absolute Gasteiger partial charge is 0.460 e. The summed E-state index contributed by atoms with van der Waals surface area (Å²) >= 11 is 2.72. The van der Waals surface area contributed by atoms with Gasteiger partial charge in [-0.05, 0) is 43.3 Å². The number of ether oxygens (including phenoxy) is 2. The SMILES string of the molecule is C[C@H]1OC1C1C[C@H](OC(=O)C(O)(c2cccs2)c2cccs2)CCN1C. The zero-order valence-corrected chi connectivity index (χ0v) is 16.5. The van der Waals surface area contributed by atoms with Crippen LogP contribution >= 0.6 is 22.7 Å². The Morgan fingerprint density at radius 3 is 2.42 bits per heavy atom. The Labute approximate surface area is 161 Å². The van der Waals surface area contributed by atoms with Gasteiger partial charge in [-0.2, -0.15) is 0 Å². The Morgan fingerprint density at radius 1 is 1.31 bits per heavy atom. The highest BCUT2D eigenvalue weighted by Crippen LogP contribution is 2.38. The zero-order valence-electron chi connectivity index (χ0n) is 14.8. The number of hydrogen-bond acceptors (Lipinski definition) is 7. The Hall–Kier alpha value is -1.25. The van der Waals surface area contributed by atoms with Crippen molar-refractivity contribution in [3.8, 4) is 0 Å². The molecule has 0 aromatic carbocycles. The van der Waals surface area contributed by atoms with E-state index in [2.05, 4.69) is 18.9 Å². The first kappa shape index (κ1) is 18.1. The van der Waals surface area contributed by atoms with Crippen LogP contribution in [0.1, 0.15) is 29.5 Å². The van der Waals surface area contributed by atoms with Gasteiger partial charge in [0.05, 0.1) is 22.0 Å². The fourth-order valence-corrected chi connectivity index (χ4v) is 5.42. The molecule has 4 heterocycles. The van der Waals surface area contributed by atoms with Gasteiger partial charge in [0.25, 0.3) is 0 Å². The van der Waals surface area contributed by atoms with Gasteiger partial charge in [-0.25, -0.2) is 4.79 Å². The van der Waals surface area contributed by atoms with E-state index in [1.807, 2.05) is 22.9 Å². The number of nitrogens with zero attached hydrogens (tertiary/aromatic N) is 1. The topological polar surface area (TPSA) is 62.3 Å². The van der Waals surface area contributed by atoms with Crippen molar-refractivity contribution in [3.63, 3.8) is 0 Å². The van der Waals surface area contributed by atoms with Crippen molar-refractivity contribution in [3.05, 3.63) is 44.8 Å². The predicted molar refractivity (Wildman–Crippen MR) is 102 cm³/mol. The van der Waals surface area contributed by atoms with Gasteiger partial charge in [-0.3, -0.25) is 0 Å². The molecule has 2 aromatic rings. The van der Waals surface area contributed by atoms with Gasteiger partial charge >= 0.3 is 5.97 Å². The third-order valence-electron chi connectivity index (χ3n) is 5.34. The molecule has 7 heteroatoms. The monoisotopic (exact) mass is 393 g/mol. The average molecular weight is 394 g/mol. The lowest BCUT2D eigenvalue weighted by Crippen LogP contribution is -2.48. The molecule has 2 aliphatic heterocycles. The van der Waals surface area contributed by atoms with Crippen LogP contribution in [0.3, 0.4) is 0 Å². The normalized spacial score (nSPS) is 29.5. The van der Waals surface area contributed by atoms with E-state index >= 15 is 0 Å². The fourth-order valence-electron chi connectivity index (χ4n) is 3.71. The number of piperidine rings is 1. The summed E-state index contributed by atoms with van der Waals surface area (Å²) in [6.07, 6.45) is 1.79. The number of esters is 1. The number of thiophene rings is 2. The molecule has 2 aliphatic rings. The minimum Gasteiger partial charge on any atom is -0.460 e. The molecular weight excluding hydrogens is 370 g/mol. The second-order valence-electron chi connectivity index (χ2n) is 7.07. The van der Waals surface area contributed by atoms with Gasteiger partial charge in [0.2, 0.25) is 5.60 Å². The Kier molecular flexibility index (Phi) is 4.92. The van der Waals surface area contributed by atoms with Crippen LogP contribution < -0.4 is 0 Å². The third-order valence-corrected chi connectivity index (χ3v) is 7.29. The van der Waals surface area contributed by atoms with Crippen molar-refractivity contribution >= 4 is 28.6 Å². The summed E-state index contributed by atoms with van der Waals surface area (Å²) in [6.45, 7) is 2.92. The third kappa shape index (κ3) is 3.23. The highest BCUT2D eigenvalue weighted by Gasteiger charge is 2.48. The van der Waals surface area contributed by atoms with Crippen LogP contribution in [0.4, 0.5) is 0 Å². The van der Waals surface area contributed by atoms with Gasteiger partial charge in [0.15, 0.2) is 0 Å². The number of carbonyl (C=O) groups is 1. The van der Waals surface area contributed by atoms with E-state index in [0.29, 0.717) is 9.75 Å². The van der Waals surface area contributed by atoms with Crippen LogP contribution in [0.15, 0.2) is 35.0 Å². The predicted octanol–water partition coefficient (Wildman–Crippen LogP) is 2.84. The Bertz CT molecular complexity index is 709. The lowest BCUT2D eigenvalue weighted by Gasteiger charge is -2.37. The van der Waals surface area contributed by atoms with E-state index in [-0.39, 0.29) is 24.4 Å². The number of likely N-dealkylation sites (tertiary alicyclic amines) is 1. The molecule has 0 amide bonds. The summed E-state index contributed by atoms with van der Waals surface area (Å²) in [5.41, 5.74) is -1.73. The molecule has 0 saturated carbocycles. The molecule has 0 bridgehead atoms. The minimum atomic E-state index is -1.73. The lowest BCUT2D eigenvalue weighted by molar-refractivity contribution is -0.170. The van der Waals surface area contributed by atoms with Gasteiger partial charge in [-0.15, -0.1) is 22.7 Å². The Balaban J connectivity index is 1.52. The molecule has 1 N–H and O–H groups in total. The highest BCUT2D eigenvalue weighted by molar-refractivity contribution is 7.12. The molecule has 2 fully saturated rings. The van der Waals surface area contributed by atoms with Crippen molar-refractivity contribution in [2.75, 3.05) is 13.6 Å². The quantitative estimate of drug-likeness (QED) is 0.625. The summed E-state index contributed by atoms with van der Waals surface area (Å²) in [6, 6.07) is 7.49. The number of hydrogen-bond donors (Lipinski definition) is 1. The number of rotatable bonds is 5. The van der Waals surface area contributed by atoms with E-state index in [1.54, 1.807) is 12.1 Å². The molecule has 0 aliphatic carbocycles. The standard InChI is InChI=1S/C19H23NO4S2/c1-12-17(23-12)14-11-13(7-8-20(14)2)24-18(21)19(22,15-5-3-9-25-15)16-6-4-10-26-16/h3-6,9-10,12-14,17,22H,7-8,11H2,1-2H3/t12-,13-,14?,17?/m1/s1. The molecule has 4 atom stereocenters. The maximum absolute atomic E-state index is 13.1. The van der Waals surface area contributed by atoms with Crippen LogP contribution in [0.5, 0.6) is 0 Å². The van der Waals surface area contributed by atoms with Gasteiger partial charge in [0.1, 0.15) is 6.10 Å². The second kappa shape index (κ2) is 7.05. The van der Waals surface area contributed by atoms with Crippen LogP contribution in [0.2, 0.25) is 0 Å². The zero-order chi connectivity index (χ0) is 18.3. The molecule has 5 nitrogen and oxygen atoms in total. The van der Waals surface area contributed by atoms with Crippen molar-refractivity contribution in [2.45, 2.75) is 49.7 Å². The Morgan fingerprint density at radius 2 is 1.92 bits per heavy atom. The summed E-state index contributed by atoms with van der Waals surface area (Å²) in [5, 5.41) is 15.0. The first-order valence-electron chi connectivity index (χ1n) is 8.87. The van der Waals surface area contributed by atoms with Crippen LogP contribution in [-0.4, -0.2) is 53.9 Å². The molecular formula is C19H23NO4S2. The van der Waals surface area contributed by atoms with E-state index in [1.165, 1.54) is 22.7 Å². The molecule has 4 rings (SSSR count). The lowest BCUT2D eigenvalue weighted by atomic mass is 9.95. The molecule has 140 valence electrons. The van der Waals surface area contributed by atoms with Gasteiger partial charge in [-0.1, -0.05) is 12.1 Å². The van der Waals surface area contributed by atoms with Crippen molar-refractivity contribution in [1.82, 2.24) is 4.90 Å².